The smallest absolute Gasteiger partial charge is 0.101 e. The van der Waals surface area contributed by atoms with Crippen LogP contribution < -0.4 is 11.1 Å². The van der Waals surface area contributed by atoms with E-state index in [9.17, 15) is 5.26 Å². The molecule has 3 aromatic rings. The fourth-order valence-corrected chi connectivity index (χ4v) is 2.13. The Morgan fingerprint density at radius 3 is 2.85 bits per heavy atom. The Morgan fingerprint density at radius 2 is 2.00 bits per heavy atom. The number of anilines is 3. The van der Waals surface area contributed by atoms with E-state index < -0.39 is 0 Å². The van der Waals surface area contributed by atoms with Crippen molar-refractivity contribution in [3.63, 3.8) is 0 Å². The topological polar surface area (TPSA) is 74.7 Å². The minimum Gasteiger partial charge on any atom is -0.399 e. The Labute approximate surface area is 116 Å². The van der Waals surface area contributed by atoms with Crippen molar-refractivity contribution >= 4 is 27.8 Å². The average Bonchev–Trinajstić information content (AvgIpc) is 2.49. The second kappa shape index (κ2) is 4.90. The SMILES string of the molecule is N#Cc1cc(N)ccc1Nc1cccc2ccncc12. The van der Waals surface area contributed by atoms with Crippen molar-refractivity contribution in [2.75, 3.05) is 11.1 Å². The van der Waals surface area contributed by atoms with Gasteiger partial charge in [0.1, 0.15) is 6.07 Å². The van der Waals surface area contributed by atoms with Gasteiger partial charge in [-0.2, -0.15) is 5.26 Å². The zero-order chi connectivity index (χ0) is 13.9. The first-order valence-corrected chi connectivity index (χ1v) is 6.17. The molecule has 3 N–H and O–H groups in total. The maximum Gasteiger partial charge on any atom is 0.101 e. The van der Waals surface area contributed by atoms with Crippen LogP contribution in [-0.4, -0.2) is 4.98 Å². The molecule has 0 aliphatic rings. The molecule has 0 saturated heterocycles. The molecule has 4 heteroatoms. The van der Waals surface area contributed by atoms with Crippen molar-refractivity contribution in [3.8, 4) is 6.07 Å². The maximum atomic E-state index is 9.18. The minimum absolute atomic E-state index is 0.519. The Bertz CT molecular complexity index is 813. The number of rotatable bonds is 2. The van der Waals surface area contributed by atoms with Gasteiger partial charge in [0.25, 0.3) is 0 Å². The minimum atomic E-state index is 0.519. The van der Waals surface area contributed by atoms with Crippen molar-refractivity contribution in [3.05, 3.63) is 60.4 Å². The molecule has 1 aromatic heterocycles. The van der Waals surface area contributed by atoms with Crippen LogP contribution in [-0.2, 0) is 0 Å². The molecule has 0 fully saturated rings. The number of hydrogen-bond donors (Lipinski definition) is 2. The van der Waals surface area contributed by atoms with Crippen LogP contribution in [0.1, 0.15) is 5.56 Å². The predicted octanol–water partition coefficient (Wildman–Crippen LogP) is 3.43. The van der Waals surface area contributed by atoms with Gasteiger partial charge in [-0.15, -0.1) is 0 Å². The highest BCUT2D eigenvalue weighted by atomic mass is 14.9. The molecule has 0 atom stereocenters. The summed E-state index contributed by atoms with van der Waals surface area (Å²) in [4.78, 5) is 4.15. The average molecular weight is 260 g/mol. The number of nitrogen functional groups attached to an aromatic ring is 1. The summed E-state index contributed by atoms with van der Waals surface area (Å²) >= 11 is 0. The summed E-state index contributed by atoms with van der Waals surface area (Å²) in [5.41, 5.74) is 8.44. The van der Waals surface area contributed by atoms with Crippen molar-refractivity contribution in [2.45, 2.75) is 0 Å². The Kier molecular flexibility index (Phi) is 2.94. The molecular formula is C16H12N4. The van der Waals surface area contributed by atoms with Crippen LogP contribution in [0.4, 0.5) is 17.1 Å². The molecular weight excluding hydrogens is 248 g/mol. The van der Waals surface area contributed by atoms with Crippen LogP contribution in [0, 0.1) is 11.3 Å². The quantitative estimate of drug-likeness (QED) is 0.692. The van der Waals surface area contributed by atoms with E-state index in [1.165, 1.54) is 0 Å². The Hall–Kier alpha value is -3.06. The molecule has 0 amide bonds. The van der Waals surface area contributed by atoms with E-state index in [-0.39, 0.29) is 0 Å². The molecule has 0 spiro atoms. The van der Waals surface area contributed by atoms with Gasteiger partial charge in [0.05, 0.1) is 11.3 Å². The number of benzene rings is 2. The van der Waals surface area contributed by atoms with Crippen molar-refractivity contribution in [1.29, 1.82) is 5.26 Å². The first-order chi connectivity index (χ1) is 9.78. The van der Waals surface area contributed by atoms with Gasteiger partial charge >= 0.3 is 0 Å². The van der Waals surface area contributed by atoms with E-state index >= 15 is 0 Å². The standard InChI is InChI=1S/C16H12N4/c17-9-12-8-13(18)4-5-15(12)20-16-3-1-2-11-6-7-19-10-14(11)16/h1-8,10,20H,18H2. The van der Waals surface area contributed by atoms with Gasteiger partial charge in [-0.3, -0.25) is 4.98 Å². The number of pyridine rings is 1. The summed E-state index contributed by atoms with van der Waals surface area (Å²) in [6.45, 7) is 0. The number of fused-ring (bicyclic) bond motifs is 1. The lowest BCUT2D eigenvalue weighted by atomic mass is 10.1. The van der Waals surface area contributed by atoms with Gasteiger partial charge in [-0.05, 0) is 35.7 Å². The first kappa shape index (κ1) is 12.0. The predicted molar refractivity (Wildman–Crippen MR) is 80.6 cm³/mol. The number of nitrogens with two attached hydrogens (primary N) is 1. The summed E-state index contributed by atoms with van der Waals surface area (Å²) in [7, 11) is 0. The van der Waals surface area contributed by atoms with Crippen molar-refractivity contribution < 1.29 is 0 Å². The number of hydrogen-bond acceptors (Lipinski definition) is 4. The van der Waals surface area contributed by atoms with Crippen LogP contribution in [0.5, 0.6) is 0 Å². The van der Waals surface area contributed by atoms with E-state index in [0.717, 1.165) is 22.1 Å². The van der Waals surface area contributed by atoms with E-state index in [1.54, 1.807) is 24.5 Å². The molecule has 0 unspecified atom stereocenters. The van der Waals surface area contributed by atoms with Gasteiger partial charge < -0.3 is 11.1 Å². The van der Waals surface area contributed by atoms with E-state index in [1.807, 2.05) is 30.3 Å². The number of nitrogens with zero attached hydrogens (tertiary/aromatic N) is 2. The second-order valence-electron chi connectivity index (χ2n) is 4.44. The molecule has 4 nitrogen and oxygen atoms in total. The van der Waals surface area contributed by atoms with E-state index in [0.29, 0.717) is 11.3 Å². The van der Waals surface area contributed by atoms with Crippen LogP contribution in [0.2, 0.25) is 0 Å². The molecule has 0 bridgehead atoms. The monoisotopic (exact) mass is 260 g/mol. The van der Waals surface area contributed by atoms with Gasteiger partial charge in [-0.1, -0.05) is 12.1 Å². The lowest BCUT2D eigenvalue weighted by Gasteiger charge is -2.11. The zero-order valence-corrected chi connectivity index (χ0v) is 10.7. The summed E-state index contributed by atoms with van der Waals surface area (Å²) in [5.74, 6) is 0. The van der Waals surface area contributed by atoms with Gasteiger partial charge in [-0.25, -0.2) is 0 Å². The summed E-state index contributed by atoms with van der Waals surface area (Å²) in [6, 6.07) is 15.3. The molecule has 1 heterocycles. The molecule has 0 aliphatic carbocycles. The van der Waals surface area contributed by atoms with Crippen LogP contribution >= 0.6 is 0 Å². The normalized spacial score (nSPS) is 10.2. The number of aromatic nitrogens is 1. The molecule has 0 aliphatic heterocycles. The van der Waals surface area contributed by atoms with Crippen molar-refractivity contribution in [2.24, 2.45) is 0 Å². The lowest BCUT2D eigenvalue weighted by Crippen LogP contribution is -1.96. The highest BCUT2D eigenvalue weighted by Gasteiger charge is 2.05. The van der Waals surface area contributed by atoms with Gasteiger partial charge in [0.15, 0.2) is 0 Å². The fraction of sp³-hybridized carbons (Fsp3) is 0. The highest BCUT2D eigenvalue weighted by molar-refractivity contribution is 5.95. The summed E-state index contributed by atoms with van der Waals surface area (Å²) in [6.07, 6.45) is 3.57. The second-order valence-corrected chi connectivity index (χ2v) is 4.44. The number of nitrogens with one attached hydrogen (secondary N) is 1. The molecule has 96 valence electrons. The van der Waals surface area contributed by atoms with Crippen LogP contribution in [0.15, 0.2) is 54.9 Å². The molecule has 0 saturated carbocycles. The number of nitriles is 1. The van der Waals surface area contributed by atoms with Gasteiger partial charge in [0, 0.05) is 29.2 Å². The molecule has 20 heavy (non-hydrogen) atoms. The molecule has 3 rings (SSSR count). The largest absolute Gasteiger partial charge is 0.399 e. The first-order valence-electron chi connectivity index (χ1n) is 6.17. The molecule has 0 radical (unpaired) electrons. The third-order valence-corrected chi connectivity index (χ3v) is 3.12. The lowest BCUT2D eigenvalue weighted by molar-refractivity contribution is 1.36. The molecule has 2 aromatic carbocycles. The summed E-state index contributed by atoms with van der Waals surface area (Å²) in [5, 5.41) is 14.6. The van der Waals surface area contributed by atoms with Crippen LogP contribution in [0.25, 0.3) is 10.8 Å². The van der Waals surface area contributed by atoms with E-state index in [4.69, 9.17) is 5.73 Å². The van der Waals surface area contributed by atoms with E-state index in [2.05, 4.69) is 16.4 Å². The maximum absolute atomic E-state index is 9.18. The Balaban J connectivity index is 2.08. The Morgan fingerprint density at radius 1 is 1.10 bits per heavy atom. The summed E-state index contributed by atoms with van der Waals surface area (Å²) < 4.78 is 0. The van der Waals surface area contributed by atoms with Gasteiger partial charge in [0.2, 0.25) is 0 Å². The zero-order valence-electron chi connectivity index (χ0n) is 10.7. The van der Waals surface area contributed by atoms with Crippen LogP contribution in [0.3, 0.4) is 0 Å². The van der Waals surface area contributed by atoms with Crippen molar-refractivity contribution in [1.82, 2.24) is 4.98 Å². The highest BCUT2D eigenvalue weighted by Crippen LogP contribution is 2.28. The third kappa shape index (κ3) is 2.13. The fourth-order valence-electron chi connectivity index (χ4n) is 2.13. The third-order valence-electron chi connectivity index (χ3n) is 3.12.